The largest absolute Gasteiger partial charge is 0.573 e. The second kappa shape index (κ2) is 6.13. The fraction of sp³-hybridized carbons (Fsp3) is 0.353. The lowest BCUT2D eigenvalue weighted by atomic mass is 10.0. The van der Waals surface area contributed by atoms with Gasteiger partial charge in [0.15, 0.2) is 16.7 Å². The monoisotopic (exact) mass is 413 g/mol. The van der Waals surface area contributed by atoms with Gasteiger partial charge in [-0.05, 0) is 26.0 Å². The summed E-state index contributed by atoms with van der Waals surface area (Å²) >= 11 is 6.40. The van der Waals surface area contributed by atoms with Crippen LogP contribution < -0.4 is 14.4 Å². The smallest absolute Gasteiger partial charge is 0.485 e. The van der Waals surface area contributed by atoms with Crippen molar-refractivity contribution >= 4 is 22.9 Å². The highest BCUT2D eigenvalue weighted by molar-refractivity contribution is 6.32. The van der Waals surface area contributed by atoms with E-state index in [0.29, 0.717) is 29.3 Å². The number of rotatable bonds is 2. The summed E-state index contributed by atoms with van der Waals surface area (Å²) < 4.78 is 48.7. The number of ether oxygens (including phenoxy) is 2. The van der Waals surface area contributed by atoms with Crippen molar-refractivity contribution in [3.63, 3.8) is 0 Å². The van der Waals surface area contributed by atoms with E-state index in [-0.39, 0.29) is 22.3 Å². The summed E-state index contributed by atoms with van der Waals surface area (Å²) in [6.07, 6.45) is -4.79. The lowest BCUT2D eigenvalue weighted by molar-refractivity contribution is -0.274. The summed E-state index contributed by atoms with van der Waals surface area (Å²) in [5, 5.41) is 12.7. The van der Waals surface area contributed by atoms with E-state index in [1.165, 1.54) is 22.7 Å². The molecule has 0 unspecified atom stereocenters. The van der Waals surface area contributed by atoms with Crippen LogP contribution in [0.4, 0.5) is 18.9 Å². The third-order valence-corrected chi connectivity index (χ3v) is 4.84. The van der Waals surface area contributed by atoms with E-state index in [1.807, 2.05) is 25.8 Å². The summed E-state index contributed by atoms with van der Waals surface area (Å²) in [6, 6.07) is 5.40. The van der Waals surface area contributed by atoms with Gasteiger partial charge in [-0.2, -0.15) is 4.52 Å². The Bertz CT molecular complexity index is 1070. The average Bonchev–Trinajstić information content (AvgIpc) is 3.00. The molecule has 1 aliphatic rings. The quantitative estimate of drug-likeness (QED) is 0.634. The maximum atomic E-state index is 12.5. The molecule has 0 bridgehead atoms. The Kier molecular flexibility index (Phi) is 4.07. The van der Waals surface area contributed by atoms with E-state index in [9.17, 15) is 13.2 Å². The molecule has 0 saturated carbocycles. The van der Waals surface area contributed by atoms with Crippen LogP contribution >= 0.6 is 11.6 Å². The number of hydrogen-bond donors (Lipinski definition) is 0. The van der Waals surface area contributed by atoms with Crippen LogP contribution in [0.3, 0.4) is 0 Å². The second-order valence-corrected chi connectivity index (χ2v) is 7.32. The minimum atomic E-state index is -4.79. The predicted octanol–water partition coefficient (Wildman–Crippen LogP) is 3.95. The standard InChI is InChI=1S/C17H15ClF3N5O2/c1-16(2)8-27-12-11(25(16)3)13(18)24-26-14(22-23-15(12)26)9-5-4-6-10(7-9)28-17(19,20)21/h4-7H,8H2,1-3H3. The Morgan fingerprint density at radius 2 is 2.00 bits per heavy atom. The molecule has 0 fully saturated rings. The molecule has 2 aromatic heterocycles. The topological polar surface area (TPSA) is 64.8 Å². The summed E-state index contributed by atoms with van der Waals surface area (Å²) in [5.41, 5.74) is 0.933. The summed E-state index contributed by atoms with van der Waals surface area (Å²) in [4.78, 5) is 1.95. The third-order valence-electron chi connectivity index (χ3n) is 4.58. The fourth-order valence-electron chi connectivity index (χ4n) is 2.94. The van der Waals surface area contributed by atoms with Crippen LogP contribution in [-0.2, 0) is 0 Å². The van der Waals surface area contributed by atoms with Crippen LogP contribution in [0.2, 0.25) is 5.15 Å². The van der Waals surface area contributed by atoms with E-state index in [2.05, 4.69) is 20.0 Å². The van der Waals surface area contributed by atoms with Crippen LogP contribution in [0.1, 0.15) is 13.8 Å². The molecule has 7 nitrogen and oxygen atoms in total. The van der Waals surface area contributed by atoms with Gasteiger partial charge in [0, 0.05) is 12.6 Å². The number of halogens is 4. The van der Waals surface area contributed by atoms with Gasteiger partial charge in [0.1, 0.15) is 18.0 Å². The van der Waals surface area contributed by atoms with Crippen LogP contribution in [0, 0.1) is 0 Å². The maximum absolute atomic E-state index is 12.5. The van der Waals surface area contributed by atoms with Crippen molar-refractivity contribution in [3.8, 4) is 22.9 Å². The van der Waals surface area contributed by atoms with Crippen molar-refractivity contribution in [1.29, 1.82) is 0 Å². The van der Waals surface area contributed by atoms with Crippen LogP contribution in [0.25, 0.3) is 17.0 Å². The molecule has 0 atom stereocenters. The number of alkyl halides is 3. The summed E-state index contributed by atoms with van der Waals surface area (Å²) in [7, 11) is 1.88. The van der Waals surface area contributed by atoms with E-state index < -0.39 is 6.36 Å². The molecule has 3 heterocycles. The Labute approximate surface area is 162 Å². The molecule has 4 rings (SSSR count). The molecular formula is C17H15ClF3N5O2. The number of likely N-dealkylation sites (N-methyl/N-ethyl adjacent to an activating group) is 1. The van der Waals surface area contributed by atoms with Gasteiger partial charge in [-0.1, -0.05) is 23.7 Å². The van der Waals surface area contributed by atoms with Crippen LogP contribution in [-0.4, -0.2) is 45.4 Å². The maximum Gasteiger partial charge on any atom is 0.573 e. The lowest BCUT2D eigenvalue weighted by Crippen LogP contribution is -2.49. The fourth-order valence-corrected chi connectivity index (χ4v) is 3.22. The zero-order chi connectivity index (χ0) is 20.3. The van der Waals surface area contributed by atoms with Crippen LogP contribution in [0.5, 0.6) is 11.5 Å². The predicted molar refractivity (Wildman–Crippen MR) is 95.9 cm³/mol. The van der Waals surface area contributed by atoms with Gasteiger partial charge in [-0.15, -0.1) is 28.5 Å². The van der Waals surface area contributed by atoms with E-state index in [4.69, 9.17) is 16.3 Å². The molecule has 3 aromatic rings. The Morgan fingerprint density at radius 3 is 2.71 bits per heavy atom. The van der Waals surface area contributed by atoms with E-state index in [0.717, 1.165) is 0 Å². The third kappa shape index (κ3) is 3.07. The average molecular weight is 414 g/mol. The van der Waals surface area contributed by atoms with Gasteiger partial charge in [0.2, 0.25) is 5.65 Å². The van der Waals surface area contributed by atoms with Crippen molar-refractivity contribution in [1.82, 2.24) is 19.8 Å². The van der Waals surface area contributed by atoms with Gasteiger partial charge in [-0.25, -0.2) is 0 Å². The van der Waals surface area contributed by atoms with Gasteiger partial charge in [0.05, 0.1) is 5.54 Å². The number of benzene rings is 1. The number of fused-ring (bicyclic) bond motifs is 3. The Balaban J connectivity index is 1.84. The van der Waals surface area contributed by atoms with Crippen molar-refractivity contribution in [3.05, 3.63) is 29.4 Å². The first-order chi connectivity index (χ1) is 13.1. The minimum absolute atomic E-state index is 0.168. The second-order valence-electron chi connectivity index (χ2n) is 6.96. The van der Waals surface area contributed by atoms with Crippen molar-refractivity contribution in [2.45, 2.75) is 25.7 Å². The molecule has 11 heteroatoms. The van der Waals surface area contributed by atoms with Crippen LogP contribution in [0.15, 0.2) is 24.3 Å². The first-order valence-corrected chi connectivity index (χ1v) is 8.62. The van der Waals surface area contributed by atoms with Gasteiger partial charge >= 0.3 is 6.36 Å². The zero-order valence-electron chi connectivity index (χ0n) is 15.1. The van der Waals surface area contributed by atoms with Gasteiger partial charge in [0.25, 0.3) is 0 Å². The molecule has 0 spiro atoms. The molecule has 1 aliphatic heterocycles. The lowest BCUT2D eigenvalue weighted by Gasteiger charge is -2.41. The molecule has 0 amide bonds. The molecule has 148 valence electrons. The molecule has 0 saturated heterocycles. The number of nitrogens with zero attached hydrogens (tertiary/aromatic N) is 5. The Hall–Kier alpha value is -2.75. The highest BCUT2D eigenvalue weighted by atomic mass is 35.5. The molecule has 0 N–H and O–H groups in total. The molecule has 0 radical (unpaired) electrons. The highest BCUT2D eigenvalue weighted by Gasteiger charge is 2.36. The molecule has 1 aromatic carbocycles. The number of anilines is 1. The van der Waals surface area contributed by atoms with E-state index in [1.54, 1.807) is 6.07 Å². The SMILES string of the molecule is CN1c2c(Cl)nn3c(-c4cccc(OC(F)(F)F)c4)nnc3c2OCC1(C)C. The molecule has 0 aliphatic carbocycles. The van der Waals surface area contributed by atoms with Gasteiger partial charge < -0.3 is 14.4 Å². The van der Waals surface area contributed by atoms with Crippen molar-refractivity contribution in [2.24, 2.45) is 0 Å². The minimum Gasteiger partial charge on any atom is -0.485 e. The summed E-state index contributed by atoms with van der Waals surface area (Å²) in [5.74, 6) is 0.259. The number of hydrogen-bond acceptors (Lipinski definition) is 6. The molecule has 28 heavy (non-hydrogen) atoms. The van der Waals surface area contributed by atoms with E-state index >= 15 is 0 Å². The van der Waals surface area contributed by atoms with Gasteiger partial charge in [-0.3, -0.25) is 0 Å². The van der Waals surface area contributed by atoms with Crippen molar-refractivity contribution in [2.75, 3.05) is 18.6 Å². The van der Waals surface area contributed by atoms with Crippen molar-refractivity contribution < 1.29 is 22.6 Å². The summed E-state index contributed by atoms with van der Waals surface area (Å²) in [6.45, 7) is 4.39. The first-order valence-electron chi connectivity index (χ1n) is 8.24. The highest BCUT2D eigenvalue weighted by Crippen LogP contribution is 2.43. The number of aromatic nitrogens is 4. The normalized spacial score (nSPS) is 16.0. The Morgan fingerprint density at radius 1 is 1.25 bits per heavy atom. The zero-order valence-corrected chi connectivity index (χ0v) is 15.8. The first kappa shape index (κ1) is 18.6. The molecular weight excluding hydrogens is 399 g/mol.